The molecule has 5 heteroatoms. The molecule has 0 saturated carbocycles. The van der Waals surface area contributed by atoms with E-state index in [-0.39, 0.29) is 0 Å². The largest absolute Gasteiger partial charge is 0.480 e. The van der Waals surface area contributed by atoms with Crippen molar-refractivity contribution in [3.63, 3.8) is 0 Å². The van der Waals surface area contributed by atoms with E-state index < -0.39 is 12.0 Å². The van der Waals surface area contributed by atoms with Crippen molar-refractivity contribution in [1.82, 2.24) is 9.97 Å². The predicted octanol–water partition coefficient (Wildman–Crippen LogP) is 2.31. The minimum atomic E-state index is -1.05. The van der Waals surface area contributed by atoms with E-state index >= 15 is 0 Å². The molecular formula is C15H13N3O2. The quantitative estimate of drug-likeness (QED) is 0.679. The highest BCUT2D eigenvalue weighted by molar-refractivity contribution is 5.82. The standard InChI is InChI=1S/C15H13N3O2/c16-13(15(19)20)10-6-7-11-12(8-10)18-14(17-11)9-4-2-1-3-5-9/h1-8,13H,16H2,(H,17,18)(H,19,20). The minimum Gasteiger partial charge on any atom is -0.480 e. The third-order valence-corrected chi connectivity index (χ3v) is 3.18. The average molecular weight is 267 g/mol. The Hall–Kier alpha value is -2.66. The number of rotatable bonds is 3. The summed E-state index contributed by atoms with van der Waals surface area (Å²) in [7, 11) is 0. The summed E-state index contributed by atoms with van der Waals surface area (Å²) in [6.45, 7) is 0. The van der Waals surface area contributed by atoms with Crippen LogP contribution in [0.4, 0.5) is 0 Å². The van der Waals surface area contributed by atoms with Crippen LogP contribution in [0.15, 0.2) is 48.5 Å². The van der Waals surface area contributed by atoms with Crippen LogP contribution in [0, 0.1) is 0 Å². The monoisotopic (exact) mass is 267 g/mol. The van der Waals surface area contributed by atoms with Crippen molar-refractivity contribution in [3.8, 4) is 11.4 Å². The number of aromatic amines is 1. The average Bonchev–Trinajstić information content (AvgIpc) is 2.90. The normalized spacial score (nSPS) is 12.4. The molecule has 0 aliphatic carbocycles. The van der Waals surface area contributed by atoms with E-state index in [0.29, 0.717) is 5.56 Å². The second-order valence-corrected chi connectivity index (χ2v) is 4.54. The number of aromatic nitrogens is 2. The van der Waals surface area contributed by atoms with Crippen molar-refractivity contribution in [2.24, 2.45) is 5.73 Å². The van der Waals surface area contributed by atoms with Crippen LogP contribution in [0.3, 0.4) is 0 Å². The molecule has 2 aromatic carbocycles. The highest BCUT2D eigenvalue weighted by atomic mass is 16.4. The number of nitrogens with one attached hydrogen (secondary N) is 1. The van der Waals surface area contributed by atoms with Gasteiger partial charge in [0.15, 0.2) is 0 Å². The van der Waals surface area contributed by atoms with Crippen LogP contribution >= 0.6 is 0 Å². The van der Waals surface area contributed by atoms with Gasteiger partial charge in [0.1, 0.15) is 11.9 Å². The highest BCUT2D eigenvalue weighted by Gasteiger charge is 2.15. The number of aliphatic carboxylic acids is 1. The maximum Gasteiger partial charge on any atom is 0.325 e. The van der Waals surface area contributed by atoms with Gasteiger partial charge in [-0.3, -0.25) is 4.79 Å². The Balaban J connectivity index is 2.06. The molecule has 3 rings (SSSR count). The summed E-state index contributed by atoms with van der Waals surface area (Å²) in [6, 6.07) is 13.9. The molecule has 100 valence electrons. The maximum atomic E-state index is 10.9. The Kier molecular flexibility index (Phi) is 2.96. The van der Waals surface area contributed by atoms with Crippen LogP contribution in [0.25, 0.3) is 22.4 Å². The van der Waals surface area contributed by atoms with Crippen LogP contribution in [-0.2, 0) is 4.79 Å². The molecule has 0 spiro atoms. The van der Waals surface area contributed by atoms with Gasteiger partial charge in [0.2, 0.25) is 0 Å². The SMILES string of the molecule is NC(C(=O)O)c1ccc2nc(-c3ccccc3)[nH]c2c1. The Morgan fingerprint density at radius 1 is 1.20 bits per heavy atom. The fourth-order valence-electron chi connectivity index (χ4n) is 2.10. The maximum absolute atomic E-state index is 10.9. The molecule has 1 atom stereocenters. The van der Waals surface area contributed by atoms with Crippen LogP contribution < -0.4 is 5.73 Å². The Bertz CT molecular complexity index is 765. The first-order chi connectivity index (χ1) is 9.65. The molecule has 1 heterocycles. The second kappa shape index (κ2) is 4.79. The Morgan fingerprint density at radius 3 is 2.65 bits per heavy atom. The zero-order valence-electron chi connectivity index (χ0n) is 10.6. The molecule has 1 aromatic heterocycles. The lowest BCUT2D eigenvalue weighted by Gasteiger charge is -2.05. The zero-order valence-corrected chi connectivity index (χ0v) is 10.6. The van der Waals surface area contributed by atoms with E-state index in [2.05, 4.69) is 9.97 Å². The van der Waals surface area contributed by atoms with Crippen LogP contribution in [-0.4, -0.2) is 21.0 Å². The number of carbonyl (C=O) groups is 1. The van der Waals surface area contributed by atoms with Crippen LogP contribution in [0.2, 0.25) is 0 Å². The summed E-state index contributed by atoms with van der Waals surface area (Å²) >= 11 is 0. The molecule has 20 heavy (non-hydrogen) atoms. The van der Waals surface area contributed by atoms with Gasteiger partial charge in [-0.2, -0.15) is 0 Å². The van der Waals surface area contributed by atoms with E-state index in [1.54, 1.807) is 18.2 Å². The first-order valence-electron chi connectivity index (χ1n) is 6.18. The number of hydrogen-bond donors (Lipinski definition) is 3. The number of nitrogens with two attached hydrogens (primary N) is 1. The van der Waals surface area contributed by atoms with Gasteiger partial charge in [0, 0.05) is 5.56 Å². The van der Waals surface area contributed by atoms with Gasteiger partial charge in [-0.1, -0.05) is 36.4 Å². The lowest BCUT2D eigenvalue weighted by atomic mass is 10.1. The van der Waals surface area contributed by atoms with E-state index in [1.807, 2.05) is 30.3 Å². The van der Waals surface area contributed by atoms with Gasteiger partial charge in [-0.05, 0) is 17.7 Å². The number of hydrogen-bond acceptors (Lipinski definition) is 3. The van der Waals surface area contributed by atoms with E-state index in [9.17, 15) is 4.79 Å². The number of nitrogens with zero attached hydrogens (tertiary/aromatic N) is 1. The summed E-state index contributed by atoms with van der Waals surface area (Å²) in [5.41, 5.74) is 8.70. The summed E-state index contributed by atoms with van der Waals surface area (Å²) in [4.78, 5) is 18.6. The number of fused-ring (bicyclic) bond motifs is 1. The van der Waals surface area contributed by atoms with Gasteiger partial charge < -0.3 is 15.8 Å². The number of carboxylic acid groups (broad SMARTS) is 1. The fourth-order valence-corrected chi connectivity index (χ4v) is 2.10. The van der Waals surface area contributed by atoms with Crippen molar-refractivity contribution in [2.75, 3.05) is 0 Å². The number of carboxylic acids is 1. The molecule has 0 bridgehead atoms. The number of H-pyrrole nitrogens is 1. The lowest BCUT2D eigenvalue weighted by Crippen LogP contribution is -2.20. The van der Waals surface area contributed by atoms with Crippen molar-refractivity contribution < 1.29 is 9.90 Å². The summed E-state index contributed by atoms with van der Waals surface area (Å²) in [6.07, 6.45) is 0. The van der Waals surface area contributed by atoms with Crippen molar-refractivity contribution >= 4 is 17.0 Å². The van der Waals surface area contributed by atoms with Gasteiger partial charge in [-0.25, -0.2) is 4.98 Å². The van der Waals surface area contributed by atoms with E-state index in [1.165, 1.54) is 0 Å². The first-order valence-corrected chi connectivity index (χ1v) is 6.18. The molecule has 0 radical (unpaired) electrons. The van der Waals surface area contributed by atoms with Gasteiger partial charge in [0.05, 0.1) is 11.0 Å². The fraction of sp³-hybridized carbons (Fsp3) is 0.0667. The van der Waals surface area contributed by atoms with Gasteiger partial charge in [0.25, 0.3) is 0 Å². The molecule has 0 fully saturated rings. The van der Waals surface area contributed by atoms with Crippen molar-refractivity contribution in [2.45, 2.75) is 6.04 Å². The molecule has 5 nitrogen and oxygen atoms in total. The first kappa shape index (κ1) is 12.4. The molecule has 0 amide bonds. The predicted molar refractivity (Wildman–Crippen MR) is 76.1 cm³/mol. The van der Waals surface area contributed by atoms with Gasteiger partial charge in [-0.15, -0.1) is 0 Å². The smallest absolute Gasteiger partial charge is 0.325 e. The third-order valence-electron chi connectivity index (χ3n) is 3.18. The topological polar surface area (TPSA) is 92.0 Å². The number of imidazole rings is 1. The lowest BCUT2D eigenvalue weighted by molar-refractivity contribution is -0.138. The van der Waals surface area contributed by atoms with E-state index in [4.69, 9.17) is 10.8 Å². The van der Waals surface area contributed by atoms with Crippen molar-refractivity contribution in [1.29, 1.82) is 0 Å². The summed E-state index contributed by atoms with van der Waals surface area (Å²) in [5.74, 6) is -0.297. The summed E-state index contributed by atoms with van der Waals surface area (Å²) in [5, 5.41) is 8.94. The Labute approximate surface area is 115 Å². The highest BCUT2D eigenvalue weighted by Crippen LogP contribution is 2.22. The van der Waals surface area contributed by atoms with Crippen molar-refractivity contribution in [3.05, 3.63) is 54.1 Å². The molecule has 1 unspecified atom stereocenters. The Morgan fingerprint density at radius 2 is 1.95 bits per heavy atom. The molecule has 3 aromatic rings. The van der Waals surface area contributed by atoms with Gasteiger partial charge >= 0.3 is 5.97 Å². The third kappa shape index (κ3) is 2.15. The minimum absolute atomic E-state index is 0.549. The second-order valence-electron chi connectivity index (χ2n) is 4.54. The molecular weight excluding hydrogens is 254 g/mol. The zero-order chi connectivity index (χ0) is 14.1. The van der Waals surface area contributed by atoms with E-state index in [0.717, 1.165) is 22.4 Å². The van der Waals surface area contributed by atoms with Crippen LogP contribution in [0.1, 0.15) is 11.6 Å². The molecule has 0 aliphatic rings. The molecule has 4 N–H and O–H groups in total. The molecule has 0 saturated heterocycles. The van der Waals surface area contributed by atoms with Crippen LogP contribution in [0.5, 0.6) is 0 Å². The molecule has 0 aliphatic heterocycles. The number of benzene rings is 2. The summed E-state index contributed by atoms with van der Waals surface area (Å²) < 4.78 is 0.